The Balaban J connectivity index is 1.48. The molecule has 0 amide bonds. The van der Waals surface area contributed by atoms with Crippen LogP contribution in [-0.2, 0) is 20.4 Å². The van der Waals surface area contributed by atoms with Crippen LogP contribution in [-0.4, -0.2) is 50.8 Å². The first kappa shape index (κ1) is 24.2. The number of aliphatic hydroxyl groups is 1. The van der Waals surface area contributed by atoms with Crippen molar-refractivity contribution in [3.8, 4) is 5.69 Å². The maximum atomic E-state index is 13.8. The third kappa shape index (κ3) is 4.44. The molecule has 2 aliphatic rings. The number of alkyl halides is 3. The number of nitrogens with zero attached hydrogens (tertiary/aromatic N) is 3. The smallest absolute Gasteiger partial charge is 0.388 e. The second kappa shape index (κ2) is 9.16. The van der Waals surface area contributed by atoms with Gasteiger partial charge in [-0.25, -0.2) is 0 Å². The van der Waals surface area contributed by atoms with Crippen LogP contribution >= 0.6 is 11.6 Å². The van der Waals surface area contributed by atoms with Gasteiger partial charge in [-0.1, -0.05) is 41.9 Å². The van der Waals surface area contributed by atoms with E-state index in [1.54, 1.807) is 0 Å². The van der Waals surface area contributed by atoms with Gasteiger partial charge in [0.25, 0.3) is 0 Å². The van der Waals surface area contributed by atoms with E-state index in [1.165, 1.54) is 17.6 Å². The predicted molar refractivity (Wildman–Crippen MR) is 118 cm³/mol. The van der Waals surface area contributed by atoms with Gasteiger partial charge in [-0.05, 0) is 25.1 Å². The van der Waals surface area contributed by atoms with Crippen LogP contribution in [0.1, 0.15) is 35.2 Å². The van der Waals surface area contributed by atoms with Crippen molar-refractivity contribution in [1.82, 2.24) is 14.8 Å². The van der Waals surface area contributed by atoms with E-state index in [0.29, 0.717) is 0 Å². The molecule has 12 heteroatoms. The lowest BCUT2D eigenvalue weighted by Gasteiger charge is -2.46. The molecule has 0 aliphatic carbocycles. The largest absolute Gasteiger partial charge is 0.418 e. The number of aryl methyl sites for hydroxylation is 1. The molecule has 2 aliphatic heterocycles. The Morgan fingerprint density at radius 2 is 1.86 bits per heavy atom. The van der Waals surface area contributed by atoms with Crippen LogP contribution in [0.15, 0.2) is 48.5 Å². The molecule has 2 aromatic carbocycles. The third-order valence-electron chi connectivity index (χ3n) is 6.15. The summed E-state index contributed by atoms with van der Waals surface area (Å²) < 4.78 is 60.4. The zero-order valence-electron chi connectivity index (χ0n) is 18.4. The van der Waals surface area contributed by atoms with Crippen LogP contribution in [0.4, 0.5) is 13.2 Å². The van der Waals surface area contributed by atoms with E-state index in [9.17, 15) is 18.3 Å². The molecule has 2 saturated heterocycles. The van der Waals surface area contributed by atoms with Gasteiger partial charge in [-0.2, -0.15) is 13.2 Å². The topological polar surface area (TPSA) is 105 Å². The summed E-state index contributed by atoms with van der Waals surface area (Å²) in [5, 5.41) is 19.1. The molecule has 35 heavy (non-hydrogen) atoms. The zero-order chi connectivity index (χ0) is 24.9. The minimum Gasteiger partial charge on any atom is -0.388 e. The van der Waals surface area contributed by atoms with Crippen molar-refractivity contribution in [3.05, 3.63) is 76.3 Å². The molecule has 1 unspecified atom stereocenters. The summed E-state index contributed by atoms with van der Waals surface area (Å²) in [4.78, 5) is 0. The summed E-state index contributed by atoms with van der Waals surface area (Å²) in [6, 6.07) is 11.5. The number of aliphatic hydroxyl groups excluding tert-OH is 1. The third-order valence-corrected chi connectivity index (χ3v) is 6.38. The normalized spacial score (nSPS) is 29.1. The van der Waals surface area contributed by atoms with E-state index in [-0.39, 0.29) is 29.0 Å². The molecule has 5 rings (SSSR count). The fraction of sp³-hybridized carbons (Fsp3) is 0.391. The van der Waals surface area contributed by atoms with E-state index in [0.717, 1.165) is 17.7 Å². The fourth-order valence-electron chi connectivity index (χ4n) is 4.46. The highest BCUT2D eigenvalue weighted by atomic mass is 35.5. The highest BCUT2D eigenvalue weighted by Gasteiger charge is 2.50. The van der Waals surface area contributed by atoms with Crippen LogP contribution in [0.3, 0.4) is 0 Å². The van der Waals surface area contributed by atoms with Crippen molar-refractivity contribution in [1.29, 1.82) is 0 Å². The van der Waals surface area contributed by atoms with Crippen molar-refractivity contribution in [3.63, 3.8) is 0 Å². The van der Waals surface area contributed by atoms with Gasteiger partial charge in [0, 0.05) is 10.6 Å². The lowest BCUT2D eigenvalue weighted by Crippen LogP contribution is -2.62. The molecule has 0 radical (unpaired) electrons. The van der Waals surface area contributed by atoms with Crippen molar-refractivity contribution in [2.45, 2.75) is 49.8 Å². The second-order valence-electron chi connectivity index (χ2n) is 8.44. The summed E-state index contributed by atoms with van der Waals surface area (Å²) in [7, 11) is 0. The van der Waals surface area contributed by atoms with Crippen LogP contribution in [0.2, 0.25) is 5.02 Å². The number of fused-ring (bicyclic) bond motifs is 1. The van der Waals surface area contributed by atoms with Gasteiger partial charge in [0.05, 0.1) is 23.9 Å². The Labute approximate surface area is 203 Å². The summed E-state index contributed by atoms with van der Waals surface area (Å²) in [6.07, 6.45) is -9.30. The van der Waals surface area contributed by atoms with Crippen molar-refractivity contribution < 1.29 is 32.5 Å². The molecule has 6 atom stereocenters. The minimum absolute atomic E-state index is 0.0400. The van der Waals surface area contributed by atoms with Gasteiger partial charge in [-0.15, -0.1) is 10.2 Å². The van der Waals surface area contributed by atoms with E-state index in [4.69, 9.17) is 31.5 Å². The maximum absolute atomic E-state index is 13.8. The summed E-state index contributed by atoms with van der Waals surface area (Å²) >= 11 is 6.03. The Kier molecular flexibility index (Phi) is 6.32. The van der Waals surface area contributed by atoms with Gasteiger partial charge >= 0.3 is 6.18 Å². The van der Waals surface area contributed by atoms with Gasteiger partial charge in [0.1, 0.15) is 30.2 Å². The zero-order valence-corrected chi connectivity index (χ0v) is 19.1. The number of aromatic nitrogens is 3. The van der Waals surface area contributed by atoms with Crippen LogP contribution in [0, 0.1) is 6.92 Å². The number of benzene rings is 2. The van der Waals surface area contributed by atoms with E-state index in [1.807, 2.05) is 30.3 Å². The summed E-state index contributed by atoms with van der Waals surface area (Å²) in [5.74, 6) is 0.112. The predicted octanol–water partition coefficient (Wildman–Crippen LogP) is 3.49. The molecule has 1 aromatic heterocycles. The molecule has 3 aromatic rings. The molecular weight excluding hydrogens is 489 g/mol. The number of halogens is 4. The highest BCUT2D eigenvalue weighted by Crippen LogP contribution is 2.41. The first-order chi connectivity index (χ1) is 16.6. The standard InChI is InChI=1S/C23H22ClF3N4O4/c1-11-29-30-21(31(11)15-9-13(24)7-8-14(15)23(25,26)27)20-18(32)17(28)19-16(34-20)10-33-22(35-19)12-5-3-2-4-6-12/h2-9,16-20,22,32H,10,28H2,1H3/t16-,17-,18-,19+,20-,22?/m1/s1. The Morgan fingerprint density at radius 1 is 1.11 bits per heavy atom. The maximum Gasteiger partial charge on any atom is 0.418 e. The van der Waals surface area contributed by atoms with E-state index in [2.05, 4.69) is 10.2 Å². The lowest BCUT2D eigenvalue weighted by molar-refractivity contribution is -0.309. The van der Waals surface area contributed by atoms with Crippen molar-refractivity contribution >= 4 is 11.6 Å². The molecule has 186 valence electrons. The average molecular weight is 511 g/mol. The van der Waals surface area contributed by atoms with E-state index < -0.39 is 48.5 Å². The number of hydrogen-bond acceptors (Lipinski definition) is 7. The Hall–Kier alpha value is -2.54. The monoisotopic (exact) mass is 510 g/mol. The minimum atomic E-state index is -4.67. The fourth-order valence-corrected chi connectivity index (χ4v) is 4.62. The second-order valence-corrected chi connectivity index (χ2v) is 8.88. The van der Waals surface area contributed by atoms with Crippen LogP contribution in [0.25, 0.3) is 5.69 Å². The molecular formula is C23H22ClF3N4O4. The SMILES string of the molecule is Cc1nnc([C@@H]2O[C@@H]3COC(c4ccccc4)O[C@@H]3[C@H](N)[C@H]2O)n1-c1cc(Cl)ccc1C(F)(F)F. The van der Waals surface area contributed by atoms with Crippen LogP contribution < -0.4 is 5.73 Å². The van der Waals surface area contributed by atoms with Crippen LogP contribution in [0.5, 0.6) is 0 Å². The van der Waals surface area contributed by atoms with Gasteiger partial charge < -0.3 is 25.1 Å². The molecule has 0 saturated carbocycles. The van der Waals surface area contributed by atoms with E-state index >= 15 is 0 Å². The quantitative estimate of drug-likeness (QED) is 0.556. The number of nitrogens with two attached hydrogens (primary N) is 1. The van der Waals surface area contributed by atoms with Crippen molar-refractivity contribution in [2.24, 2.45) is 5.73 Å². The first-order valence-corrected chi connectivity index (χ1v) is 11.2. The lowest BCUT2D eigenvalue weighted by atomic mass is 9.92. The number of ether oxygens (including phenoxy) is 3. The van der Waals surface area contributed by atoms with Gasteiger partial charge in [0.15, 0.2) is 12.1 Å². The summed E-state index contributed by atoms with van der Waals surface area (Å²) in [6.45, 7) is 1.59. The first-order valence-electron chi connectivity index (χ1n) is 10.9. The number of rotatable bonds is 3. The van der Waals surface area contributed by atoms with Gasteiger partial charge in [0.2, 0.25) is 0 Å². The molecule has 2 fully saturated rings. The molecule has 3 heterocycles. The highest BCUT2D eigenvalue weighted by molar-refractivity contribution is 6.30. The van der Waals surface area contributed by atoms with Crippen molar-refractivity contribution in [2.75, 3.05) is 6.61 Å². The number of hydrogen-bond donors (Lipinski definition) is 2. The summed E-state index contributed by atoms with van der Waals surface area (Å²) in [5.41, 5.74) is 5.91. The Morgan fingerprint density at radius 3 is 2.57 bits per heavy atom. The molecule has 3 N–H and O–H groups in total. The molecule has 0 bridgehead atoms. The molecule has 0 spiro atoms. The Bertz CT molecular complexity index is 1210. The molecule has 8 nitrogen and oxygen atoms in total. The van der Waals surface area contributed by atoms with Gasteiger partial charge in [-0.3, -0.25) is 4.57 Å². The average Bonchev–Trinajstić information content (AvgIpc) is 3.21.